The predicted octanol–water partition coefficient (Wildman–Crippen LogP) is 0.304. The first-order valence-corrected chi connectivity index (χ1v) is 3.84. The van der Waals surface area contributed by atoms with Crippen LogP contribution in [-0.4, -0.2) is 35.6 Å². The molecule has 0 atom stereocenters. The van der Waals surface area contributed by atoms with Gasteiger partial charge < -0.3 is 12.0 Å². The molecule has 1 radical (unpaired) electrons. The van der Waals surface area contributed by atoms with Crippen molar-refractivity contribution >= 4 is 6.21 Å². The van der Waals surface area contributed by atoms with Crippen LogP contribution in [0, 0.1) is 12.8 Å². The zero-order valence-electron chi connectivity index (χ0n) is 6.67. The van der Waals surface area contributed by atoms with Gasteiger partial charge in [-0.3, -0.25) is 0 Å². The van der Waals surface area contributed by atoms with Crippen molar-refractivity contribution in [3.63, 3.8) is 0 Å². The summed E-state index contributed by atoms with van der Waals surface area (Å²) in [4.78, 5) is 0. The van der Waals surface area contributed by atoms with E-state index in [0.717, 1.165) is 25.9 Å². The van der Waals surface area contributed by atoms with E-state index < -0.39 is 0 Å². The van der Waals surface area contributed by atoms with Crippen molar-refractivity contribution in [1.82, 2.24) is 0 Å². The number of hydrogen-bond acceptors (Lipinski definition) is 1. The Morgan fingerprint density at radius 3 is 2.45 bits per heavy atom. The molecule has 1 fully saturated rings. The van der Waals surface area contributed by atoms with Crippen molar-refractivity contribution in [2.75, 3.05) is 19.7 Å². The topological polar surface area (TPSA) is 23.2 Å². The molecule has 1 saturated heterocycles. The molecule has 0 amide bonds. The molecule has 0 saturated carbocycles. The summed E-state index contributed by atoms with van der Waals surface area (Å²) in [6.07, 6.45) is 4.18. The smallest absolute Gasteiger partial charge is 0.165 e. The van der Waals surface area contributed by atoms with Crippen molar-refractivity contribution in [3.05, 3.63) is 6.92 Å². The van der Waals surface area contributed by atoms with Gasteiger partial charge in [-0.25, -0.2) is 4.58 Å². The van der Waals surface area contributed by atoms with Gasteiger partial charge in [0.05, 0.1) is 0 Å². The molecule has 0 aromatic rings. The van der Waals surface area contributed by atoms with E-state index in [4.69, 9.17) is 5.11 Å². The number of nitrogens with zero attached hydrogens (tertiary/aromatic N) is 1. The summed E-state index contributed by atoms with van der Waals surface area (Å²) in [5, 5.41) is 8.57. The fourth-order valence-electron chi connectivity index (χ4n) is 1.25. The molecule has 0 aromatic heterocycles. The normalized spacial score (nSPS) is 24.2. The minimum absolute atomic E-state index is 0. The fourth-order valence-corrected chi connectivity index (χ4v) is 1.25. The Bertz CT molecular complexity index is 126. The molecule has 1 rings (SSSR count). The van der Waals surface area contributed by atoms with Gasteiger partial charge in [0.15, 0.2) is 6.21 Å². The number of rotatable bonds is 1. The van der Waals surface area contributed by atoms with Crippen LogP contribution in [0.2, 0.25) is 0 Å². The Labute approximate surface area is 78.8 Å². The minimum Gasteiger partial charge on any atom is -0.386 e. The average molecular weight is 196 g/mol. The van der Waals surface area contributed by atoms with Crippen LogP contribution in [0.1, 0.15) is 12.8 Å². The van der Waals surface area contributed by atoms with E-state index in [0.29, 0.717) is 5.92 Å². The van der Waals surface area contributed by atoms with Crippen LogP contribution in [0.3, 0.4) is 0 Å². The van der Waals surface area contributed by atoms with E-state index in [9.17, 15) is 0 Å². The molecule has 1 aliphatic heterocycles. The third kappa shape index (κ3) is 3.90. The first-order chi connectivity index (χ1) is 4.83. The Morgan fingerprint density at radius 2 is 2.00 bits per heavy atom. The molecular weight excluding hydrogens is 181 g/mol. The summed E-state index contributed by atoms with van der Waals surface area (Å²) < 4.78 is 2.17. The Kier molecular flexibility index (Phi) is 5.83. The summed E-state index contributed by atoms with van der Waals surface area (Å²) in [5.41, 5.74) is 0. The standard InChI is InChI=1S/C8H15NO.Mn/c1-8-2-4-9(5-3-8)6-7-10;/h6,8,10H,1-5,7H2;. The zero-order valence-corrected chi connectivity index (χ0v) is 7.85. The summed E-state index contributed by atoms with van der Waals surface area (Å²) in [6, 6.07) is 0. The fraction of sp³-hybridized carbons (Fsp3) is 0.750. The Hall–Kier alpha value is 0.149. The number of piperidine rings is 1. The van der Waals surface area contributed by atoms with Gasteiger partial charge in [0.1, 0.15) is 19.7 Å². The van der Waals surface area contributed by atoms with Gasteiger partial charge >= 0.3 is 0 Å². The molecular formula is C8H15MnNO. The van der Waals surface area contributed by atoms with Crippen LogP contribution in [0.25, 0.3) is 0 Å². The average Bonchev–Trinajstić information content (AvgIpc) is 1.95. The van der Waals surface area contributed by atoms with Gasteiger partial charge in [0.25, 0.3) is 0 Å². The molecule has 0 aliphatic carbocycles. The third-order valence-electron chi connectivity index (χ3n) is 1.99. The van der Waals surface area contributed by atoms with Crippen molar-refractivity contribution in [2.24, 2.45) is 5.92 Å². The maximum atomic E-state index is 8.57. The largest absolute Gasteiger partial charge is 0.386 e. The van der Waals surface area contributed by atoms with Gasteiger partial charge in [0, 0.05) is 17.1 Å². The van der Waals surface area contributed by atoms with Crippen molar-refractivity contribution in [2.45, 2.75) is 12.8 Å². The molecule has 1 N–H and O–H groups in total. The maximum absolute atomic E-state index is 8.57. The molecule has 1 aliphatic rings. The maximum Gasteiger partial charge on any atom is 0.165 e. The molecule has 1 heterocycles. The molecule has 11 heavy (non-hydrogen) atoms. The SMILES string of the molecule is [CH2-]C1CC[N+](=CCO)CC1.[Mn]. The monoisotopic (exact) mass is 196 g/mol. The Morgan fingerprint density at radius 1 is 1.45 bits per heavy atom. The van der Waals surface area contributed by atoms with E-state index >= 15 is 0 Å². The summed E-state index contributed by atoms with van der Waals surface area (Å²) in [7, 11) is 0. The van der Waals surface area contributed by atoms with Crippen LogP contribution < -0.4 is 0 Å². The molecule has 0 unspecified atom stereocenters. The van der Waals surface area contributed by atoms with Gasteiger partial charge in [-0.15, -0.1) is 0 Å². The molecule has 2 nitrogen and oxygen atoms in total. The molecule has 3 heteroatoms. The van der Waals surface area contributed by atoms with E-state index in [1.807, 2.05) is 6.21 Å². The number of hydrogen-bond donors (Lipinski definition) is 1. The number of aliphatic hydroxyl groups is 1. The van der Waals surface area contributed by atoms with Gasteiger partial charge in [-0.05, 0) is 12.8 Å². The zero-order chi connectivity index (χ0) is 7.40. The molecule has 0 spiro atoms. The van der Waals surface area contributed by atoms with Crippen LogP contribution in [0.5, 0.6) is 0 Å². The van der Waals surface area contributed by atoms with E-state index in [2.05, 4.69) is 11.5 Å². The van der Waals surface area contributed by atoms with Crippen LogP contribution in [-0.2, 0) is 17.1 Å². The molecule has 0 bridgehead atoms. The van der Waals surface area contributed by atoms with Crippen LogP contribution >= 0.6 is 0 Å². The van der Waals surface area contributed by atoms with Gasteiger partial charge in [0.2, 0.25) is 0 Å². The second-order valence-electron chi connectivity index (χ2n) is 2.84. The third-order valence-corrected chi connectivity index (χ3v) is 1.99. The second kappa shape index (κ2) is 5.76. The second-order valence-corrected chi connectivity index (χ2v) is 2.84. The van der Waals surface area contributed by atoms with Crippen molar-refractivity contribution in [1.29, 1.82) is 0 Å². The van der Waals surface area contributed by atoms with E-state index in [1.165, 1.54) is 0 Å². The Balaban J connectivity index is 0.000001000. The molecule has 65 valence electrons. The van der Waals surface area contributed by atoms with E-state index in [1.54, 1.807) is 0 Å². The van der Waals surface area contributed by atoms with Gasteiger partial charge in [-0.1, -0.05) is 0 Å². The quantitative estimate of drug-likeness (QED) is 0.364. The minimum atomic E-state index is 0. The number of aliphatic hydroxyl groups excluding tert-OH is 1. The van der Waals surface area contributed by atoms with E-state index in [-0.39, 0.29) is 23.7 Å². The first kappa shape index (κ1) is 11.1. The van der Waals surface area contributed by atoms with Crippen LogP contribution in [0.4, 0.5) is 0 Å². The van der Waals surface area contributed by atoms with Crippen molar-refractivity contribution in [3.8, 4) is 0 Å². The predicted molar refractivity (Wildman–Crippen MR) is 41.2 cm³/mol. The summed E-state index contributed by atoms with van der Waals surface area (Å²) in [6.45, 7) is 6.29. The van der Waals surface area contributed by atoms with Crippen LogP contribution in [0.15, 0.2) is 0 Å². The van der Waals surface area contributed by atoms with Crippen molar-refractivity contribution < 1.29 is 26.8 Å². The molecule has 0 aromatic carbocycles. The van der Waals surface area contributed by atoms with Gasteiger partial charge in [-0.2, -0.15) is 5.92 Å². The summed E-state index contributed by atoms with van der Waals surface area (Å²) in [5.74, 6) is 0.628. The first-order valence-electron chi connectivity index (χ1n) is 3.84. The summed E-state index contributed by atoms with van der Waals surface area (Å²) >= 11 is 0.